The fourth-order valence-corrected chi connectivity index (χ4v) is 5.02. The highest BCUT2D eigenvalue weighted by atomic mass is 35.5. The van der Waals surface area contributed by atoms with Crippen LogP contribution in [0.1, 0.15) is 31.2 Å². The molecule has 166 valence electrons. The van der Waals surface area contributed by atoms with Gasteiger partial charge in [-0.1, -0.05) is 29.8 Å². The molecule has 0 spiro atoms. The zero-order chi connectivity index (χ0) is 22.3. The van der Waals surface area contributed by atoms with E-state index >= 15 is 0 Å². The van der Waals surface area contributed by atoms with E-state index in [0.717, 1.165) is 5.56 Å². The number of pyridine rings is 1. The number of benzene rings is 1. The van der Waals surface area contributed by atoms with Crippen LogP contribution >= 0.6 is 11.6 Å². The Morgan fingerprint density at radius 3 is 2.74 bits per heavy atom. The topological polar surface area (TPSA) is 99.6 Å². The van der Waals surface area contributed by atoms with Gasteiger partial charge in [-0.05, 0) is 55.2 Å². The standard InChI is InChI=1S/C22H26ClN3O4S/c23-18-8-10-21(11-9-18)31(29,30)25-19-13-20(6-2-1-3-7-22(27)28)26(16-19)15-17-5-4-12-24-14-17/h2,4-6,8-12,14,19-20,25H,1,3,7,13,15-16H2,(H,27,28)/b6-2-/t19-,20-/m1/s1. The van der Waals surface area contributed by atoms with Gasteiger partial charge in [-0.15, -0.1) is 0 Å². The minimum Gasteiger partial charge on any atom is -0.481 e. The number of aromatic nitrogens is 1. The van der Waals surface area contributed by atoms with Gasteiger partial charge >= 0.3 is 5.97 Å². The molecule has 0 aliphatic carbocycles. The summed E-state index contributed by atoms with van der Waals surface area (Å²) in [5, 5.41) is 9.25. The molecule has 0 bridgehead atoms. The van der Waals surface area contributed by atoms with E-state index in [1.807, 2.05) is 18.2 Å². The number of sulfonamides is 1. The minimum atomic E-state index is -3.66. The Bertz CT molecular complexity index is 997. The Balaban J connectivity index is 1.68. The molecule has 0 unspecified atom stereocenters. The Morgan fingerprint density at radius 1 is 1.29 bits per heavy atom. The molecule has 3 rings (SSSR count). The summed E-state index contributed by atoms with van der Waals surface area (Å²) in [6.07, 6.45) is 9.57. The van der Waals surface area contributed by atoms with Gasteiger partial charge in [-0.3, -0.25) is 14.7 Å². The zero-order valence-electron chi connectivity index (χ0n) is 17.0. The molecular weight excluding hydrogens is 438 g/mol. The second-order valence-electron chi connectivity index (χ2n) is 7.58. The van der Waals surface area contributed by atoms with E-state index in [1.54, 1.807) is 24.5 Å². The first-order valence-electron chi connectivity index (χ1n) is 10.1. The number of allylic oxidation sites excluding steroid dienone is 1. The molecule has 7 nitrogen and oxygen atoms in total. The second kappa shape index (κ2) is 10.9. The number of nitrogens with one attached hydrogen (secondary N) is 1. The first-order chi connectivity index (χ1) is 14.8. The van der Waals surface area contributed by atoms with Crippen LogP contribution in [0.25, 0.3) is 0 Å². The number of carbonyl (C=O) groups is 1. The number of carboxylic acids is 1. The van der Waals surface area contributed by atoms with E-state index in [1.165, 1.54) is 12.1 Å². The van der Waals surface area contributed by atoms with Crippen molar-refractivity contribution in [1.29, 1.82) is 0 Å². The van der Waals surface area contributed by atoms with Gasteiger partial charge in [0.15, 0.2) is 0 Å². The summed E-state index contributed by atoms with van der Waals surface area (Å²) in [6, 6.07) is 9.77. The number of carboxylic acid groups (broad SMARTS) is 1. The third-order valence-corrected chi connectivity index (χ3v) is 6.91. The second-order valence-corrected chi connectivity index (χ2v) is 9.73. The number of aliphatic carboxylic acids is 1. The highest BCUT2D eigenvalue weighted by molar-refractivity contribution is 7.89. The fourth-order valence-electron chi connectivity index (χ4n) is 3.65. The Labute approximate surface area is 187 Å². The Kier molecular flexibility index (Phi) is 8.20. The van der Waals surface area contributed by atoms with Crippen molar-refractivity contribution in [3.05, 3.63) is 71.5 Å². The molecule has 1 aromatic carbocycles. The third kappa shape index (κ3) is 7.14. The van der Waals surface area contributed by atoms with E-state index in [0.29, 0.717) is 37.4 Å². The van der Waals surface area contributed by atoms with Gasteiger partial charge in [-0.25, -0.2) is 13.1 Å². The number of hydrogen-bond acceptors (Lipinski definition) is 5. The molecule has 9 heteroatoms. The molecule has 1 aliphatic rings. The summed E-state index contributed by atoms with van der Waals surface area (Å²) < 4.78 is 28.4. The van der Waals surface area contributed by atoms with Crippen LogP contribution < -0.4 is 4.72 Å². The maximum Gasteiger partial charge on any atom is 0.303 e. The van der Waals surface area contributed by atoms with Crippen LogP contribution in [0.3, 0.4) is 0 Å². The van der Waals surface area contributed by atoms with E-state index in [2.05, 4.69) is 20.7 Å². The maximum absolute atomic E-state index is 12.8. The number of rotatable bonds is 10. The average Bonchev–Trinajstić information content (AvgIpc) is 3.08. The van der Waals surface area contributed by atoms with Gasteiger partial charge in [-0.2, -0.15) is 0 Å². The summed E-state index contributed by atoms with van der Waals surface area (Å²) in [7, 11) is -3.66. The van der Waals surface area contributed by atoms with Crippen molar-refractivity contribution in [3.8, 4) is 0 Å². The van der Waals surface area contributed by atoms with Crippen LogP contribution in [0.15, 0.2) is 65.8 Å². The minimum absolute atomic E-state index is 0.0444. The number of unbranched alkanes of at least 4 members (excludes halogenated alkanes) is 1. The van der Waals surface area contributed by atoms with E-state index < -0.39 is 16.0 Å². The largest absolute Gasteiger partial charge is 0.481 e. The lowest BCUT2D eigenvalue weighted by atomic mass is 10.1. The summed E-state index contributed by atoms with van der Waals surface area (Å²) in [5.74, 6) is -0.802. The highest BCUT2D eigenvalue weighted by Crippen LogP contribution is 2.24. The predicted octanol–water partition coefficient (Wildman–Crippen LogP) is 3.47. The van der Waals surface area contributed by atoms with Crippen molar-refractivity contribution in [1.82, 2.24) is 14.6 Å². The zero-order valence-corrected chi connectivity index (χ0v) is 18.6. The molecular formula is C22H26ClN3O4S. The van der Waals surface area contributed by atoms with Crippen LogP contribution in [0, 0.1) is 0 Å². The Hall–Kier alpha value is -2.26. The monoisotopic (exact) mass is 463 g/mol. The quantitative estimate of drug-likeness (QED) is 0.413. The third-order valence-electron chi connectivity index (χ3n) is 5.12. The van der Waals surface area contributed by atoms with Gasteiger partial charge < -0.3 is 5.11 Å². The van der Waals surface area contributed by atoms with Gasteiger partial charge in [0.2, 0.25) is 10.0 Å². The van der Waals surface area contributed by atoms with Crippen molar-refractivity contribution in [2.45, 2.75) is 49.2 Å². The SMILES string of the molecule is O=C(O)CCC/C=C\[C@@H]1C[C@@H](NS(=O)(=O)c2ccc(Cl)cc2)CN1Cc1cccnc1. The van der Waals surface area contributed by atoms with E-state index in [4.69, 9.17) is 16.7 Å². The van der Waals surface area contributed by atoms with Gasteiger partial charge in [0.1, 0.15) is 0 Å². The molecule has 1 fully saturated rings. The van der Waals surface area contributed by atoms with Crippen molar-refractivity contribution in [2.75, 3.05) is 6.54 Å². The van der Waals surface area contributed by atoms with E-state index in [9.17, 15) is 13.2 Å². The number of likely N-dealkylation sites (tertiary alicyclic amines) is 1. The summed E-state index contributed by atoms with van der Waals surface area (Å²) in [5.41, 5.74) is 1.05. The van der Waals surface area contributed by atoms with Gasteiger partial charge in [0.25, 0.3) is 0 Å². The molecule has 0 saturated carbocycles. The maximum atomic E-state index is 12.8. The van der Waals surface area contributed by atoms with Gasteiger partial charge in [0, 0.05) is 49.0 Å². The molecule has 0 amide bonds. The highest BCUT2D eigenvalue weighted by Gasteiger charge is 2.33. The normalized spacial score (nSPS) is 19.8. The number of halogens is 1. The van der Waals surface area contributed by atoms with E-state index in [-0.39, 0.29) is 23.4 Å². The van der Waals surface area contributed by atoms with Crippen molar-refractivity contribution in [2.24, 2.45) is 0 Å². The predicted molar refractivity (Wildman–Crippen MR) is 119 cm³/mol. The number of nitrogens with zero attached hydrogens (tertiary/aromatic N) is 2. The van der Waals surface area contributed by atoms with Crippen LogP contribution in [-0.4, -0.2) is 48.0 Å². The first-order valence-corrected chi connectivity index (χ1v) is 12.0. The van der Waals surface area contributed by atoms with Crippen LogP contribution in [0.4, 0.5) is 0 Å². The smallest absolute Gasteiger partial charge is 0.303 e. The summed E-state index contributed by atoms with van der Waals surface area (Å²) in [6.45, 7) is 1.21. The summed E-state index contributed by atoms with van der Waals surface area (Å²) >= 11 is 5.87. The van der Waals surface area contributed by atoms with Gasteiger partial charge in [0.05, 0.1) is 4.90 Å². The lowest BCUT2D eigenvalue weighted by Gasteiger charge is -2.21. The number of hydrogen-bond donors (Lipinski definition) is 2. The molecule has 2 aromatic rings. The average molecular weight is 464 g/mol. The van der Waals surface area contributed by atoms with Crippen LogP contribution in [-0.2, 0) is 21.4 Å². The first kappa shape index (κ1) is 23.4. The van der Waals surface area contributed by atoms with Crippen molar-refractivity contribution >= 4 is 27.6 Å². The van der Waals surface area contributed by atoms with Crippen molar-refractivity contribution < 1.29 is 18.3 Å². The fraction of sp³-hybridized carbons (Fsp3) is 0.364. The molecule has 2 atom stereocenters. The molecule has 2 N–H and O–H groups in total. The lowest BCUT2D eigenvalue weighted by molar-refractivity contribution is -0.137. The van der Waals surface area contributed by atoms with Crippen molar-refractivity contribution in [3.63, 3.8) is 0 Å². The molecule has 1 saturated heterocycles. The molecule has 2 heterocycles. The molecule has 0 radical (unpaired) electrons. The van der Waals surface area contributed by atoms with Crippen LogP contribution in [0.2, 0.25) is 5.02 Å². The molecule has 1 aromatic heterocycles. The summed E-state index contributed by atoms with van der Waals surface area (Å²) in [4.78, 5) is 17.2. The molecule has 31 heavy (non-hydrogen) atoms. The molecule has 1 aliphatic heterocycles. The van der Waals surface area contributed by atoms with Crippen LogP contribution in [0.5, 0.6) is 0 Å². The Morgan fingerprint density at radius 2 is 2.06 bits per heavy atom. The lowest BCUT2D eigenvalue weighted by Crippen LogP contribution is -2.37.